The molecule has 126 valence electrons. The Bertz CT molecular complexity index is 578. The first kappa shape index (κ1) is 17.4. The van der Waals surface area contributed by atoms with Crippen molar-refractivity contribution < 1.29 is 9.59 Å². The van der Waals surface area contributed by atoms with E-state index in [4.69, 9.17) is 0 Å². The number of nitrogens with zero attached hydrogens (tertiary/aromatic N) is 2. The monoisotopic (exact) mass is 317 g/mol. The van der Waals surface area contributed by atoms with Crippen molar-refractivity contribution >= 4 is 11.8 Å². The Hall–Kier alpha value is -1.91. The number of likely N-dealkylation sites (tertiary alicyclic amines) is 1. The molecule has 1 aromatic rings. The summed E-state index contributed by atoms with van der Waals surface area (Å²) in [5.74, 6) is -0.222. The minimum Gasteiger partial charge on any atom is -0.347 e. The summed E-state index contributed by atoms with van der Waals surface area (Å²) in [6.45, 7) is 8.67. The Labute approximate surface area is 138 Å². The van der Waals surface area contributed by atoms with Gasteiger partial charge in [-0.2, -0.15) is 0 Å². The number of piperidine rings is 1. The topological polar surface area (TPSA) is 62.3 Å². The van der Waals surface area contributed by atoms with Crippen molar-refractivity contribution in [2.45, 2.75) is 65.0 Å². The van der Waals surface area contributed by atoms with Crippen LogP contribution in [-0.4, -0.2) is 39.8 Å². The highest BCUT2D eigenvalue weighted by molar-refractivity contribution is 5.99. The van der Waals surface area contributed by atoms with Crippen LogP contribution in [0.2, 0.25) is 0 Å². The Morgan fingerprint density at radius 1 is 1.26 bits per heavy atom. The summed E-state index contributed by atoms with van der Waals surface area (Å²) in [7, 11) is 0. The highest BCUT2D eigenvalue weighted by Crippen LogP contribution is 2.22. The van der Waals surface area contributed by atoms with E-state index in [1.807, 2.05) is 25.7 Å². The van der Waals surface area contributed by atoms with E-state index in [1.165, 1.54) is 12.6 Å². The van der Waals surface area contributed by atoms with Crippen LogP contribution >= 0.6 is 0 Å². The molecule has 0 spiro atoms. The quantitative estimate of drug-likeness (QED) is 0.932. The summed E-state index contributed by atoms with van der Waals surface area (Å²) in [6.07, 6.45) is 7.29. The van der Waals surface area contributed by atoms with Crippen molar-refractivity contribution in [3.05, 3.63) is 29.6 Å². The van der Waals surface area contributed by atoms with Crippen molar-refractivity contribution in [2.24, 2.45) is 0 Å². The third-order valence-electron chi connectivity index (χ3n) is 4.10. The van der Waals surface area contributed by atoms with E-state index >= 15 is 0 Å². The highest BCUT2D eigenvalue weighted by atomic mass is 16.2. The van der Waals surface area contributed by atoms with E-state index in [9.17, 15) is 9.59 Å². The molecule has 2 rings (SSSR count). The molecule has 0 saturated carbocycles. The van der Waals surface area contributed by atoms with Gasteiger partial charge in [-0.15, -0.1) is 0 Å². The maximum atomic E-state index is 12.8. The number of nitrogens with one attached hydrogen (secondary N) is 1. The molecule has 2 amide bonds. The van der Waals surface area contributed by atoms with Gasteiger partial charge in [-0.1, -0.05) is 6.92 Å². The molecule has 0 aromatic carbocycles. The van der Waals surface area contributed by atoms with Gasteiger partial charge in [-0.3, -0.25) is 14.6 Å². The molecular weight excluding hydrogens is 290 g/mol. The second kappa shape index (κ2) is 7.11. The molecule has 0 aliphatic carbocycles. The van der Waals surface area contributed by atoms with Crippen molar-refractivity contribution in [3.63, 3.8) is 0 Å². The first-order chi connectivity index (χ1) is 10.8. The molecule has 1 aliphatic rings. The predicted molar refractivity (Wildman–Crippen MR) is 90.4 cm³/mol. The summed E-state index contributed by atoms with van der Waals surface area (Å²) < 4.78 is 0. The molecule has 0 radical (unpaired) electrons. The number of carbonyl (C=O) groups is 2. The van der Waals surface area contributed by atoms with Gasteiger partial charge in [0.25, 0.3) is 11.8 Å². The highest BCUT2D eigenvalue weighted by Gasteiger charge is 2.27. The second-order valence-electron chi connectivity index (χ2n) is 7.22. The number of carbonyl (C=O) groups excluding carboxylic acids is 2. The first-order valence-corrected chi connectivity index (χ1v) is 8.40. The summed E-state index contributed by atoms with van der Waals surface area (Å²) in [5, 5.41) is 2.90. The van der Waals surface area contributed by atoms with Gasteiger partial charge in [0.15, 0.2) is 0 Å². The van der Waals surface area contributed by atoms with Gasteiger partial charge < -0.3 is 10.2 Å². The zero-order valence-corrected chi connectivity index (χ0v) is 14.6. The minimum atomic E-state index is -0.322. The van der Waals surface area contributed by atoms with Gasteiger partial charge in [-0.25, -0.2) is 0 Å². The van der Waals surface area contributed by atoms with Crippen LogP contribution in [0.4, 0.5) is 0 Å². The summed E-state index contributed by atoms with van der Waals surface area (Å²) in [6, 6.07) is 1.95. The SMILES string of the molecule is CCC1CCCCN1C(=O)c1cncc(C(=O)NC(C)(C)C)c1. The van der Waals surface area contributed by atoms with Gasteiger partial charge in [0.2, 0.25) is 0 Å². The third kappa shape index (κ3) is 4.53. The van der Waals surface area contributed by atoms with E-state index in [0.29, 0.717) is 17.2 Å². The van der Waals surface area contributed by atoms with Crippen LogP contribution in [0.1, 0.15) is 74.1 Å². The lowest BCUT2D eigenvalue weighted by molar-refractivity contribution is 0.0607. The number of rotatable bonds is 3. The second-order valence-corrected chi connectivity index (χ2v) is 7.22. The molecule has 2 heterocycles. The predicted octanol–water partition coefficient (Wildman–Crippen LogP) is 3.01. The van der Waals surface area contributed by atoms with Gasteiger partial charge in [0.05, 0.1) is 11.1 Å². The number of hydrogen-bond acceptors (Lipinski definition) is 3. The summed E-state index contributed by atoms with van der Waals surface area (Å²) in [5.41, 5.74) is 0.597. The molecule has 5 nitrogen and oxygen atoms in total. The molecule has 1 aliphatic heterocycles. The molecule has 23 heavy (non-hydrogen) atoms. The number of aromatic nitrogens is 1. The Balaban J connectivity index is 2.18. The van der Waals surface area contributed by atoms with Crippen LogP contribution in [0.5, 0.6) is 0 Å². The molecule has 0 bridgehead atoms. The Morgan fingerprint density at radius 3 is 2.61 bits per heavy atom. The standard InChI is InChI=1S/C18H27N3O2/c1-5-15-8-6-7-9-21(15)17(23)14-10-13(11-19-12-14)16(22)20-18(2,3)4/h10-12,15H,5-9H2,1-4H3,(H,20,22). The van der Waals surface area contributed by atoms with E-state index in [0.717, 1.165) is 25.8 Å². The Morgan fingerprint density at radius 2 is 1.96 bits per heavy atom. The van der Waals surface area contributed by atoms with E-state index in [2.05, 4.69) is 17.2 Å². The molecular formula is C18H27N3O2. The molecule has 5 heteroatoms. The fourth-order valence-corrected chi connectivity index (χ4v) is 2.95. The third-order valence-corrected chi connectivity index (χ3v) is 4.10. The fourth-order valence-electron chi connectivity index (χ4n) is 2.95. The maximum Gasteiger partial charge on any atom is 0.255 e. The van der Waals surface area contributed by atoms with Crippen LogP contribution in [0.25, 0.3) is 0 Å². The normalized spacial score (nSPS) is 18.6. The largest absolute Gasteiger partial charge is 0.347 e. The maximum absolute atomic E-state index is 12.8. The molecule has 1 aromatic heterocycles. The molecule has 1 saturated heterocycles. The van der Waals surface area contributed by atoms with Crippen molar-refractivity contribution in [1.29, 1.82) is 0 Å². The van der Waals surface area contributed by atoms with Gasteiger partial charge in [0.1, 0.15) is 0 Å². The van der Waals surface area contributed by atoms with Gasteiger partial charge >= 0.3 is 0 Å². The molecule has 1 atom stereocenters. The minimum absolute atomic E-state index is 0.0190. The molecule has 1 N–H and O–H groups in total. The van der Waals surface area contributed by atoms with E-state index in [-0.39, 0.29) is 17.4 Å². The molecule has 1 unspecified atom stereocenters. The average Bonchev–Trinajstić information content (AvgIpc) is 2.52. The Kier molecular flexibility index (Phi) is 5.39. The van der Waals surface area contributed by atoms with Crippen molar-refractivity contribution in [1.82, 2.24) is 15.2 Å². The van der Waals surface area contributed by atoms with Crippen LogP contribution in [-0.2, 0) is 0 Å². The van der Waals surface area contributed by atoms with Crippen LogP contribution in [0, 0.1) is 0 Å². The molecule has 1 fully saturated rings. The van der Waals surface area contributed by atoms with Gasteiger partial charge in [0, 0.05) is 30.5 Å². The van der Waals surface area contributed by atoms with Crippen molar-refractivity contribution in [3.8, 4) is 0 Å². The lowest BCUT2D eigenvalue weighted by Gasteiger charge is -2.35. The zero-order valence-electron chi connectivity index (χ0n) is 14.6. The lowest BCUT2D eigenvalue weighted by Crippen LogP contribution is -2.43. The van der Waals surface area contributed by atoms with Gasteiger partial charge in [-0.05, 0) is 52.5 Å². The fraction of sp³-hybridized carbons (Fsp3) is 0.611. The summed E-state index contributed by atoms with van der Waals surface area (Å²) >= 11 is 0. The van der Waals surface area contributed by atoms with E-state index in [1.54, 1.807) is 12.3 Å². The number of pyridine rings is 1. The first-order valence-electron chi connectivity index (χ1n) is 8.40. The smallest absolute Gasteiger partial charge is 0.255 e. The van der Waals surface area contributed by atoms with Crippen LogP contribution in [0.15, 0.2) is 18.5 Å². The average molecular weight is 317 g/mol. The van der Waals surface area contributed by atoms with Crippen LogP contribution in [0.3, 0.4) is 0 Å². The zero-order chi connectivity index (χ0) is 17.0. The number of amides is 2. The summed E-state index contributed by atoms with van der Waals surface area (Å²) in [4.78, 5) is 31.1. The van der Waals surface area contributed by atoms with Crippen molar-refractivity contribution in [2.75, 3.05) is 6.54 Å². The lowest BCUT2D eigenvalue weighted by atomic mass is 9.99. The number of hydrogen-bond donors (Lipinski definition) is 1. The van der Waals surface area contributed by atoms with E-state index < -0.39 is 0 Å². The van der Waals surface area contributed by atoms with Crippen LogP contribution < -0.4 is 5.32 Å².